The Balaban J connectivity index is 2.22. The smallest absolute Gasteiger partial charge is 0.348 e. The first-order valence-electron chi connectivity index (χ1n) is 6.79. The van der Waals surface area contributed by atoms with Gasteiger partial charge < -0.3 is 4.74 Å². The molecule has 1 aromatic carbocycles. The minimum Gasteiger partial charge on any atom is -0.462 e. The maximum Gasteiger partial charge on any atom is 0.348 e. The molecular formula is C17H20O2S. The van der Waals surface area contributed by atoms with Crippen molar-refractivity contribution in [1.29, 1.82) is 0 Å². The highest BCUT2D eigenvalue weighted by Crippen LogP contribution is 2.30. The largest absolute Gasteiger partial charge is 0.462 e. The van der Waals surface area contributed by atoms with Crippen LogP contribution in [0, 0.1) is 0 Å². The van der Waals surface area contributed by atoms with Crippen LogP contribution in [0.3, 0.4) is 0 Å². The minimum atomic E-state index is -0.241. The van der Waals surface area contributed by atoms with Gasteiger partial charge in [0, 0.05) is 4.88 Å². The molecule has 0 amide bonds. The SMILES string of the molecule is CCOC(=O)c1ccc(-c2ccc(C(C)(C)C)cc2)s1. The van der Waals surface area contributed by atoms with E-state index in [4.69, 9.17) is 4.74 Å². The van der Waals surface area contributed by atoms with Gasteiger partial charge in [-0.25, -0.2) is 4.79 Å². The van der Waals surface area contributed by atoms with Gasteiger partial charge in [-0.1, -0.05) is 45.0 Å². The summed E-state index contributed by atoms with van der Waals surface area (Å²) in [4.78, 5) is 13.4. The Hall–Kier alpha value is -1.61. The molecule has 2 nitrogen and oxygen atoms in total. The number of hydrogen-bond donors (Lipinski definition) is 0. The lowest BCUT2D eigenvalue weighted by molar-refractivity contribution is 0.0532. The van der Waals surface area contributed by atoms with Crippen molar-refractivity contribution < 1.29 is 9.53 Å². The summed E-state index contributed by atoms with van der Waals surface area (Å²) < 4.78 is 5.01. The molecule has 0 spiro atoms. The number of hydrogen-bond acceptors (Lipinski definition) is 3. The molecule has 2 aromatic rings. The number of esters is 1. The van der Waals surface area contributed by atoms with E-state index in [-0.39, 0.29) is 11.4 Å². The van der Waals surface area contributed by atoms with Crippen molar-refractivity contribution in [3.05, 3.63) is 46.8 Å². The van der Waals surface area contributed by atoms with E-state index in [9.17, 15) is 4.79 Å². The normalized spacial score (nSPS) is 11.4. The molecule has 1 heterocycles. The van der Waals surface area contributed by atoms with Gasteiger partial charge in [-0.15, -0.1) is 11.3 Å². The Bertz CT molecular complexity index is 588. The first-order chi connectivity index (χ1) is 9.41. The summed E-state index contributed by atoms with van der Waals surface area (Å²) in [5, 5.41) is 0. The molecule has 0 unspecified atom stereocenters. The summed E-state index contributed by atoms with van der Waals surface area (Å²) in [5.41, 5.74) is 2.60. The average molecular weight is 288 g/mol. The van der Waals surface area contributed by atoms with Gasteiger partial charge in [-0.05, 0) is 35.6 Å². The molecule has 0 saturated carbocycles. The van der Waals surface area contributed by atoms with Crippen molar-refractivity contribution in [2.24, 2.45) is 0 Å². The zero-order chi connectivity index (χ0) is 14.8. The second kappa shape index (κ2) is 5.80. The van der Waals surface area contributed by atoms with Crippen molar-refractivity contribution in [2.45, 2.75) is 33.1 Å². The summed E-state index contributed by atoms with van der Waals surface area (Å²) in [5.74, 6) is -0.241. The molecule has 0 atom stereocenters. The van der Waals surface area contributed by atoms with Crippen LogP contribution in [-0.4, -0.2) is 12.6 Å². The van der Waals surface area contributed by atoms with Crippen LogP contribution in [0.5, 0.6) is 0 Å². The zero-order valence-corrected chi connectivity index (χ0v) is 13.2. The minimum absolute atomic E-state index is 0.157. The predicted molar refractivity (Wildman–Crippen MR) is 84.4 cm³/mol. The van der Waals surface area contributed by atoms with Gasteiger partial charge in [0.2, 0.25) is 0 Å². The lowest BCUT2D eigenvalue weighted by Crippen LogP contribution is -2.10. The third-order valence-corrected chi connectivity index (χ3v) is 4.23. The highest BCUT2D eigenvalue weighted by Gasteiger charge is 2.14. The molecular weight excluding hydrogens is 268 g/mol. The van der Waals surface area contributed by atoms with Crippen LogP contribution in [-0.2, 0) is 10.2 Å². The molecule has 0 aliphatic rings. The van der Waals surface area contributed by atoms with E-state index in [1.807, 2.05) is 19.1 Å². The predicted octanol–water partition coefficient (Wildman–Crippen LogP) is 4.89. The summed E-state index contributed by atoms with van der Waals surface area (Å²) in [6.45, 7) is 8.83. The van der Waals surface area contributed by atoms with Gasteiger partial charge >= 0.3 is 5.97 Å². The number of benzene rings is 1. The molecule has 0 fully saturated rings. The van der Waals surface area contributed by atoms with Crippen molar-refractivity contribution in [1.82, 2.24) is 0 Å². The molecule has 20 heavy (non-hydrogen) atoms. The van der Waals surface area contributed by atoms with Gasteiger partial charge in [0.1, 0.15) is 4.88 Å². The average Bonchev–Trinajstić information content (AvgIpc) is 2.88. The summed E-state index contributed by atoms with van der Waals surface area (Å²) in [6.07, 6.45) is 0. The van der Waals surface area contributed by atoms with Gasteiger partial charge in [0.25, 0.3) is 0 Å². The Kier molecular flexibility index (Phi) is 4.29. The van der Waals surface area contributed by atoms with Crippen molar-refractivity contribution >= 4 is 17.3 Å². The van der Waals surface area contributed by atoms with E-state index in [1.54, 1.807) is 0 Å². The highest BCUT2D eigenvalue weighted by atomic mass is 32.1. The van der Waals surface area contributed by atoms with Gasteiger partial charge in [-0.3, -0.25) is 0 Å². The van der Waals surface area contributed by atoms with E-state index < -0.39 is 0 Å². The Morgan fingerprint density at radius 3 is 2.30 bits per heavy atom. The van der Waals surface area contributed by atoms with Gasteiger partial charge in [0.05, 0.1) is 6.61 Å². The number of carbonyl (C=O) groups excluding carboxylic acids is 1. The fourth-order valence-electron chi connectivity index (χ4n) is 1.94. The summed E-state index contributed by atoms with van der Waals surface area (Å²) in [6, 6.07) is 12.3. The summed E-state index contributed by atoms with van der Waals surface area (Å²) >= 11 is 1.47. The molecule has 0 aliphatic heterocycles. The maximum absolute atomic E-state index is 11.7. The third kappa shape index (κ3) is 3.28. The number of ether oxygens (including phenoxy) is 1. The molecule has 0 radical (unpaired) electrons. The molecule has 3 heteroatoms. The molecule has 2 rings (SSSR count). The number of rotatable bonds is 3. The van der Waals surface area contributed by atoms with Crippen LogP contribution in [0.1, 0.15) is 42.9 Å². The van der Waals surface area contributed by atoms with Crippen LogP contribution in [0.15, 0.2) is 36.4 Å². The zero-order valence-electron chi connectivity index (χ0n) is 12.4. The van der Waals surface area contributed by atoms with Gasteiger partial charge in [0.15, 0.2) is 0 Å². The van der Waals surface area contributed by atoms with E-state index >= 15 is 0 Å². The molecule has 0 saturated heterocycles. The molecule has 1 aromatic heterocycles. The lowest BCUT2D eigenvalue weighted by Gasteiger charge is -2.18. The second-order valence-electron chi connectivity index (χ2n) is 5.71. The third-order valence-electron chi connectivity index (χ3n) is 3.12. The van der Waals surface area contributed by atoms with E-state index in [0.717, 1.165) is 10.4 Å². The topological polar surface area (TPSA) is 26.3 Å². The molecule has 0 aliphatic carbocycles. The van der Waals surface area contributed by atoms with E-state index in [0.29, 0.717) is 11.5 Å². The van der Waals surface area contributed by atoms with Crippen LogP contribution in [0.25, 0.3) is 10.4 Å². The molecule has 0 N–H and O–H groups in total. The van der Waals surface area contributed by atoms with Crippen LogP contribution in [0.2, 0.25) is 0 Å². The Morgan fingerprint density at radius 2 is 1.75 bits per heavy atom. The number of thiophene rings is 1. The fraction of sp³-hybridized carbons (Fsp3) is 0.353. The monoisotopic (exact) mass is 288 g/mol. The number of carbonyl (C=O) groups is 1. The highest BCUT2D eigenvalue weighted by molar-refractivity contribution is 7.17. The van der Waals surface area contributed by atoms with Crippen LogP contribution >= 0.6 is 11.3 Å². The van der Waals surface area contributed by atoms with Crippen LogP contribution in [0.4, 0.5) is 0 Å². The van der Waals surface area contributed by atoms with E-state index in [1.165, 1.54) is 16.9 Å². The Morgan fingerprint density at radius 1 is 1.10 bits per heavy atom. The Labute approximate surface area is 124 Å². The van der Waals surface area contributed by atoms with Crippen molar-refractivity contribution in [3.63, 3.8) is 0 Å². The standard InChI is InChI=1S/C17H20O2S/c1-5-19-16(18)15-11-10-14(20-15)12-6-8-13(9-7-12)17(2,3)4/h6-11H,5H2,1-4H3. The molecule has 0 bridgehead atoms. The second-order valence-corrected chi connectivity index (χ2v) is 6.80. The first-order valence-corrected chi connectivity index (χ1v) is 7.61. The quantitative estimate of drug-likeness (QED) is 0.752. The van der Waals surface area contributed by atoms with Gasteiger partial charge in [-0.2, -0.15) is 0 Å². The fourth-order valence-corrected chi connectivity index (χ4v) is 2.84. The van der Waals surface area contributed by atoms with Crippen LogP contribution < -0.4 is 0 Å². The maximum atomic E-state index is 11.7. The lowest BCUT2D eigenvalue weighted by atomic mass is 9.86. The molecule has 106 valence electrons. The van der Waals surface area contributed by atoms with E-state index in [2.05, 4.69) is 45.0 Å². The van der Waals surface area contributed by atoms with Crippen molar-refractivity contribution in [2.75, 3.05) is 6.61 Å². The van der Waals surface area contributed by atoms with Crippen molar-refractivity contribution in [3.8, 4) is 10.4 Å². The summed E-state index contributed by atoms with van der Waals surface area (Å²) in [7, 11) is 0. The first kappa shape index (κ1) is 14.8.